The van der Waals surface area contributed by atoms with Gasteiger partial charge in [-0.3, -0.25) is 9.89 Å². The fourth-order valence-corrected chi connectivity index (χ4v) is 3.56. The van der Waals surface area contributed by atoms with Crippen LogP contribution in [-0.4, -0.2) is 42.3 Å². The zero-order chi connectivity index (χ0) is 19.5. The van der Waals surface area contributed by atoms with Crippen LogP contribution < -0.4 is 15.0 Å². The predicted molar refractivity (Wildman–Crippen MR) is 110 cm³/mol. The lowest BCUT2D eigenvalue weighted by Crippen LogP contribution is -2.37. The van der Waals surface area contributed by atoms with Crippen LogP contribution in [0.1, 0.15) is 16.8 Å². The Balaban J connectivity index is 1.40. The van der Waals surface area contributed by atoms with Crippen molar-refractivity contribution in [1.29, 1.82) is 0 Å². The summed E-state index contributed by atoms with van der Waals surface area (Å²) >= 11 is 5.95. The predicted octanol–water partition coefficient (Wildman–Crippen LogP) is 3.75. The molecule has 0 bridgehead atoms. The molecule has 1 fully saturated rings. The second-order valence-electron chi connectivity index (χ2n) is 6.75. The van der Waals surface area contributed by atoms with Crippen LogP contribution in [0, 0.1) is 0 Å². The summed E-state index contributed by atoms with van der Waals surface area (Å²) in [6.07, 6.45) is 0.865. The van der Waals surface area contributed by atoms with E-state index < -0.39 is 0 Å². The Morgan fingerprint density at radius 3 is 2.82 bits per heavy atom. The molecular weight excluding hydrogens is 376 g/mol. The molecule has 1 aliphatic heterocycles. The third-order valence-electron chi connectivity index (χ3n) is 4.92. The van der Waals surface area contributed by atoms with E-state index in [9.17, 15) is 4.79 Å². The van der Waals surface area contributed by atoms with E-state index in [-0.39, 0.29) is 11.9 Å². The Kier molecular flexibility index (Phi) is 5.21. The van der Waals surface area contributed by atoms with Crippen LogP contribution in [-0.2, 0) is 0 Å². The van der Waals surface area contributed by atoms with E-state index in [2.05, 4.69) is 20.4 Å². The molecule has 0 radical (unpaired) electrons. The Bertz CT molecular complexity index is 971. The number of benzene rings is 2. The Labute approximate surface area is 168 Å². The summed E-state index contributed by atoms with van der Waals surface area (Å²) in [7, 11) is 1.57. The van der Waals surface area contributed by atoms with E-state index >= 15 is 0 Å². The lowest BCUT2D eigenvalue weighted by atomic mass is 10.1. The number of nitrogens with zero attached hydrogens (tertiary/aromatic N) is 2. The summed E-state index contributed by atoms with van der Waals surface area (Å²) in [4.78, 5) is 14.8. The molecule has 28 heavy (non-hydrogen) atoms. The molecule has 0 spiro atoms. The number of methoxy groups -OCH3 is 1. The fourth-order valence-electron chi connectivity index (χ4n) is 3.43. The van der Waals surface area contributed by atoms with Crippen LogP contribution in [0.4, 0.5) is 5.82 Å². The van der Waals surface area contributed by atoms with Gasteiger partial charge in [0.15, 0.2) is 5.82 Å². The van der Waals surface area contributed by atoms with Gasteiger partial charge in [0.05, 0.1) is 18.4 Å². The van der Waals surface area contributed by atoms with Gasteiger partial charge in [0.1, 0.15) is 5.75 Å². The van der Waals surface area contributed by atoms with Crippen LogP contribution >= 0.6 is 11.6 Å². The van der Waals surface area contributed by atoms with Crippen molar-refractivity contribution in [3.05, 3.63) is 65.2 Å². The van der Waals surface area contributed by atoms with Crippen molar-refractivity contribution in [2.75, 3.05) is 25.1 Å². The summed E-state index contributed by atoms with van der Waals surface area (Å²) in [5.41, 5.74) is 2.52. The first-order valence-corrected chi connectivity index (χ1v) is 9.52. The molecule has 1 aromatic heterocycles. The molecule has 0 saturated carbocycles. The highest BCUT2D eigenvalue weighted by atomic mass is 35.5. The maximum atomic E-state index is 12.6. The summed E-state index contributed by atoms with van der Waals surface area (Å²) < 4.78 is 5.28. The number of carbonyl (C=O) groups is 1. The normalized spacial score (nSPS) is 16.2. The van der Waals surface area contributed by atoms with E-state index in [4.69, 9.17) is 16.3 Å². The largest absolute Gasteiger partial charge is 0.496 e. The highest BCUT2D eigenvalue weighted by molar-refractivity contribution is 6.30. The average Bonchev–Trinajstić information content (AvgIpc) is 3.38. The summed E-state index contributed by atoms with van der Waals surface area (Å²) in [6, 6.07) is 17.0. The lowest BCUT2D eigenvalue weighted by molar-refractivity contribution is 0.0937. The summed E-state index contributed by atoms with van der Waals surface area (Å²) in [5.74, 6) is 1.34. The van der Waals surface area contributed by atoms with Crippen LogP contribution in [0.25, 0.3) is 11.3 Å². The van der Waals surface area contributed by atoms with Crippen LogP contribution in [0.3, 0.4) is 0 Å². The van der Waals surface area contributed by atoms with Gasteiger partial charge >= 0.3 is 0 Å². The van der Waals surface area contributed by atoms with Gasteiger partial charge < -0.3 is 15.0 Å². The van der Waals surface area contributed by atoms with Crippen molar-refractivity contribution in [1.82, 2.24) is 15.5 Å². The highest BCUT2D eigenvalue weighted by Crippen LogP contribution is 2.26. The van der Waals surface area contributed by atoms with E-state index in [1.807, 2.05) is 42.5 Å². The second kappa shape index (κ2) is 7.94. The number of aromatic nitrogens is 2. The van der Waals surface area contributed by atoms with Gasteiger partial charge in [0.2, 0.25) is 0 Å². The molecule has 4 rings (SSSR count). The molecule has 1 atom stereocenters. The van der Waals surface area contributed by atoms with Crippen molar-refractivity contribution < 1.29 is 9.53 Å². The number of hydrogen-bond acceptors (Lipinski definition) is 4. The van der Waals surface area contributed by atoms with Crippen molar-refractivity contribution in [2.24, 2.45) is 0 Å². The monoisotopic (exact) mass is 396 g/mol. The van der Waals surface area contributed by atoms with Crippen LogP contribution in [0.5, 0.6) is 5.75 Å². The lowest BCUT2D eigenvalue weighted by Gasteiger charge is -2.16. The number of amides is 1. The molecular formula is C21H21ClN4O2. The molecule has 1 saturated heterocycles. The minimum Gasteiger partial charge on any atom is -0.496 e. The molecule has 3 aromatic rings. The summed E-state index contributed by atoms with van der Waals surface area (Å²) in [6.45, 7) is 1.55. The Morgan fingerprint density at radius 1 is 1.25 bits per heavy atom. The molecule has 2 heterocycles. The zero-order valence-electron chi connectivity index (χ0n) is 15.5. The highest BCUT2D eigenvalue weighted by Gasteiger charge is 2.26. The molecule has 0 aliphatic carbocycles. The quantitative estimate of drug-likeness (QED) is 0.689. The smallest absolute Gasteiger partial charge is 0.255 e. The molecule has 7 heteroatoms. The molecule has 2 aromatic carbocycles. The van der Waals surface area contributed by atoms with E-state index in [0.29, 0.717) is 22.9 Å². The number of H-pyrrole nitrogens is 1. The van der Waals surface area contributed by atoms with Gasteiger partial charge in [0.25, 0.3) is 5.91 Å². The first kappa shape index (κ1) is 18.4. The first-order valence-electron chi connectivity index (χ1n) is 9.14. The Morgan fingerprint density at radius 2 is 2.04 bits per heavy atom. The maximum Gasteiger partial charge on any atom is 0.255 e. The van der Waals surface area contributed by atoms with Crippen molar-refractivity contribution >= 4 is 23.3 Å². The van der Waals surface area contributed by atoms with Gasteiger partial charge in [-0.15, -0.1) is 0 Å². The maximum absolute atomic E-state index is 12.6. The average molecular weight is 397 g/mol. The van der Waals surface area contributed by atoms with Gasteiger partial charge in [-0.1, -0.05) is 35.9 Å². The SMILES string of the molecule is COc1ccccc1C(=O)N[C@H]1CCN(c2cc(-c3ccc(Cl)cc3)[nH]n2)C1. The number of ether oxygens (including phenoxy) is 1. The number of para-hydroxylation sites is 1. The third-order valence-corrected chi connectivity index (χ3v) is 5.17. The summed E-state index contributed by atoms with van der Waals surface area (Å²) in [5, 5.41) is 11.3. The molecule has 2 N–H and O–H groups in total. The Hall–Kier alpha value is -2.99. The van der Waals surface area contributed by atoms with Crippen LogP contribution in [0.15, 0.2) is 54.6 Å². The first-order chi connectivity index (χ1) is 13.6. The molecule has 6 nitrogen and oxygen atoms in total. The molecule has 1 amide bonds. The number of aromatic amines is 1. The van der Waals surface area contributed by atoms with Gasteiger partial charge in [-0.05, 0) is 36.2 Å². The van der Waals surface area contributed by atoms with E-state index in [1.165, 1.54) is 0 Å². The molecule has 1 aliphatic rings. The second-order valence-corrected chi connectivity index (χ2v) is 7.19. The third kappa shape index (κ3) is 3.82. The van der Waals surface area contributed by atoms with E-state index in [0.717, 1.165) is 30.0 Å². The topological polar surface area (TPSA) is 70.2 Å². The number of hydrogen-bond donors (Lipinski definition) is 2. The van der Waals surface area contributed by atoms with Crippen molar-refractivity contribution in [2.45, 2.75) is 12.5 Å². The fraction of sp³-hybridized carbons (Fsp3) is 0.238. The molecule has 144 valence electrons. The van der Waals surface area contributed by atoms with Gasteiger partial charge in [0, 0.05) is 30.2 Å². The van der Waals surface area contributed by atoms with Crippen molar-refractivity contribution in [3.63, 3.8) is 0 Å². The number of rotatable bonds is 5. The zero-order valence-corrected chi connectivity index (χ0v) is 16.2. The van der Waals surface area contributed by atoms with Crippen molar-refractivity contribution in [3.8, 4) is 17.0 Å². The van der Waals surface area contributed by atoms with Gasteiger partial charge in [-0.2, -0.15) is 5.10 Å². The van der Waals surface area contributed by atoms with Crippen LogP contribution in [0.2, 0.25) is 5.02 Å². The minimum absolute atomic E-state index is 0.0631. The van der Waals surface area contributed by atoms with E-state index in [1.54, 1.807) is 19.2 Å². The number of nitrogens with one attached hydrogen (secondary N) is 2. The number of carbonyl (C=O) groups excluding carboxylic acids is 1. The standard InChI is InChI=1S/C21H21ClN4O2/c1-28-19-5-3-2-4-17(19)21(27)23-16-10-11-26(13-16)20-12-18(24-25-20)14-6-8-15(22)9-7-14/h2-9,12,16H,10-11,13H2,1H3,(H,23,27)(H,24,25)/t16-/m0/s1. The number of anilines is 1. The molecule has 0 unspecified atom stereocenters. The minimum atomic E-state index is -0.117. The number of halogens is 1. The van der Waals surface area contributed by atoms with Gasteiger partial charge in [-0.25, -0.2) is 0 Å².